The van der Waals surface area contributed by atoms with Crippen LogP contribution >= 0.6 is 15.9 Å². The third-order valence-corrected chi connectivity index (χ3v) is 5.51. The van der Waals surface area contributed by atoms with Gasteiger partial charge in [-0.3, -0.25) is 9.78 Å². The predicted octanol–water partition coefficient (Wildman–Crippen LogP) is 6.44. The Bertz CT molecular complexity index is 1390. The van der Waals surface area contributed by atoms with E-state index in [4.69, 9.17) is 4.42 Å². The first-order chi connectivity index (χ1) is 13.7. The van der Waals surface area contributed by atoms with Crippen LogP contribution in [0.4, 0.5) is 0 Å². The molecule has 2 heterocycles. The third-order valence-electron chi connectivity index (χ3n) is 4.82. The van der Waals surface area contributed by atoms with Crippen LogP contribution in [0.5, 0.6) is 0 Å². The summed E-state index contributed by atoms with van der Waals surface area (Å²) in [7, 11) is 0. The number of fused-ring (bicyclic) bond motifs is 2. The molecule has 0 amide bonds. The molecular weight excluding hydrogens is 414 g/mol. The average Bonchev–Trinajstić information content (AvgIpc) is 2.74. The number of para-hydroxylation sites is 1. The number of aromatic nitrogens is 1. The molecule has 0 aliphatic heterocycles. The highest BCUT2D eigenvalue weighted by atomic mass is 79.9. The third kappa shape index (κ3) is 2.65. The van der Waals surface area contributed by atoms with E-state index in [1.165, 1.54) is 0 Å². The lowest BCUT2D eigenvalue weighted by Crippen LogP contribution is -2.08. The van der Waals surface area contributed by atoms with Crippen LogP contribution in [0.15, 0.2) is 98.7 Å². The maximum Gasteiger partial charge on any atom is 0.202 e. The topological polar surface area (TPSA) is 43.1 Å². The summed E-state index contributed by atoms with van der Waals surface area (Å²) in [5, 5.41) is 2.45. The molecule has 0 unspecified atom stereocenters. The summed E-state index contributed by atoms with van der Waals surface area (Å²) in [6.07, 6.45) is 1.73. The van der Waals surface area contributed by atoms with Gasteiger partial charge in [-0.05, 0) is 29.7 Å². The van der Waals surface area contributed by atoms with Crippen molar-refractivity contribution in [2.75, 3.05) is 0 Å². The summed E-state index contributed by atoms with van der Waals surface area (Å²) < 4.78 is 7.20. The first-order valence-corrected chi connectivity index (χ1v) is 9.68. The summed E-state index contributed by atoms with van der Waals surface area (Å²) in [6.45, 7) is 0. The smallest absolute Gasteiger partial charge is 0.202 e. The van der Waals surface area contributed by atoms with Gasteiger partial charge >= 0.3 is 0 Å². The lowest BCUT2D eigenvalue weighted by atomic mass is 9.98. The number of rotatable bonds is 2. The quantitative estimate of drug-likeness (QED) is 0.325. The number of hydrogen-bond acceptors (Lipinski definition) is 3. The molecule has 5 aromatic rings. The van der Waals surface area contributed by atoms with Crippen LogP contribution in [-0.2, 0) is 0 Å². The number of halogens is 1. The molecule has 3 aromatic carbocycles. The van der Waals surface area contributed by atoms with E-state index in [2.05, 4.69) is 20.9 Å². The second kappa shape index (κ2) is 6.73. The largest absolute Gasteiger partial charge is 0.455 e. The van der Waals surface area contributed by atoms with Crippen LogP contribution in [-0.4, -0.2) is 4.98 Å². The maximum absolute atomic E-state index is 13.5. The summed E-state index contributed by atoms with van der Waals surface area (Å²) in [6, 6.07) is 24.9. The van der Waals surface area contributed by atoms with Gasteiger partial charge in [0.1, 0.15) is 11.3 Å². The van der Waals surface area contributed by atoms with Crippen molar-refractivity contribution in [2.24, 2.45) is 0 Å². The molecule has 0 fully saturated rings. The van der Waals surface area contributed by atoms with E-state index < -0.39 is 0 Å². The van der Waals surface area contributed by atoms with E-state index in [9.17, 15) is 4.79 Å². The molecule has 0 saturated carbocycles. The molecule has 28 heavy (non-hydrogen) atoms. The van der Waals surface area contributed by atoms with E-state index in [0.717, 1.165) is 20.8 Å². The van der Waals surface area contributed by atoms with Crippen LogP contribution in [0.25, 0.3) is 44.3 Å². The molecule has 0 aliphatic carbocycles. The van der Waals surface area contributed by atoms with Crippen LogP contribution in [0.2, 0.25) is 0 Å². The van der Waals surface area contributed by atoms with Crippen LogP contribution in [0.1, 0.15) is 0 Å². The van der Waals surface area contributed by atoms with Gasteiger partial charge in [0.15, 0.2) is 0 Å². The van der Waals surface area contributed by atoms with Crippen molar-refractivity contribution >= 4 is 37.7 Å². The molecule has 5 rings (SSSR count). The number of pyridine rings is 1. The number of hydrogen-bond donors (Lipinski definition) is 0. The van der Waals surface area contributed by atoms with Gasteiger partial charge in [0.2, 0.25) is 5.43 Å². The molecule has 2 aromatic heterocycles. The fourth-order valence-corrected chi connectivity index (χ4v) is 4.02. The highest BCUT2D eigenvalue weighted by Crippen LogP contribution is 2.36. The minimum Gasteiger partial charge on any atom is -0.455 e. The Balaban J connectivity index is 1.96. The Labute approximate surface area is 169 Å². The summed E-state index contributed by atoms with van der Waals surface area (Å²) >= 11 is 3.60. The van der Waals surface area contributed by atoms with Gasteiger partial charge in [0.25, 0.3) is 0 Å². The predicted molar refractivity (Wildman–Crippen MR) is 116 cm³/mol. The average molecular weight is 428 g/mol. The van der Waals surface area contributed by atoms with Gasteiger partial charge in [0.05, 0.1) is 16.6 Å². The van der Waals surface area contributed by atoms with E-state index >= 15 is 0 Å². The molecule has 0 saturated heterocycles. The fourth-order valence-electron chi connectivity index (χ4n) is 3.52. The second-order valence-corrected chi connectivity index (χ2v) is 7.35. The SMILES string of the molecule is O=c1c(-c2nccc3c(Br)cccc23)c(-c2ccccc2)oc2ccccc12. The zero-order valence-corrected chi connectivity index (χ0v) is 16.3. The van der Waals surface area contributed by atoms with Gasteiger partial charge < -0.3 is 4.42 Å². The Morgan fingerprint density at radius 3 is 2.36 bits per heavy atom. The zero-order valence-electron chi connectivity index (χ0n) is 14.7. The second-order valence-electron chi connectivity index (χ2n) is 6.49. The highest BCUT2D eigenvalue weighted by molar-refractivity contribution is 9.10. The summed E-state index contributed by atoms with van der Waals surface area (Å²) in [5.41, 5.74) is 2.43. The molecule has 0 N–H and O–H groups in total. The zero-order chi connectivity index (χ0) is 19.1. The van der Waals surface area contributed by atoms with Gasteiger partial charge in [-0.15, -0.1) is 0 Å². The standard InChI is InChI=1S/C24H14BrNO2/c25-19-11-6-10-17-16(19)13-14-26-22(17)21-23(27)18-9-4-5-12-20(18)28-24(21)15-7-2-1-3-8-15/h1-14H. The molecular formula is C24H14BrNO2. The molecule has 0 radical (unpaired) electrons. The normalized spacial score (nSPS) is 11.2. The van der Waals surface area contributed by atoms with E-state index in [-0.39, 0.29) is 5.43 Å². The Morgan fingerprint density at radius 1 is 0.750 bits per heavy atom. The lowest BCUT2D eigenvalue weighted by molar-refractivity contribution is 0.620. The maximum atomic E-state index is 13.5. The summed E-state index contributed by atoms with van der Waals surface area (Å²) in [4.78, 5) is 18.1. The lowest BCUT2D eigenvalue weighted by Gasteiger charge is -2.12. The van der Waals surface area contributed by atoms with Gasteiger partial charge in [-0.25, -0.2) is 0 Å². The Hall–Kier alpha value is -3.24. The molecule has 0 bridgehead atoms. The van der Waals surface area contributed by atoms with Crippen LogP contribution < -0.4 is 5.43 Å². The van der Waals surface area contributed by atoms with E-state index in [1.807, 2.05) is 72.8 Å². The first-order valence-electron chi connectivity index (χ1n) is 8.89. The minimum absolute atomic E-state index is 0.0827. The van der Waals surface area contributed by atoms with Crippen molar-refractivity contribution in [1.29, 1.82) is 0 Å². The minimum atomic E-state index is -0.0827. The fraction of sp³-hybridized carbons (Fsp3) is 0. The van der Waals surface area contributed by atoms with Crippen molar-refractivity contribution in [3.63, 3.8) is 0 Å². The van der Waals surface area contributed by atoms with Gasteiger partial charge in [-0.2, -0.15) is 0 Å². The van der Waals surface area contributed by atoms with Crippen molar-refractivity contribution < 1.29 is 4.42 Å². The van der Waals surface area contributed by atoms with Gasteiger partial charge in [0, 0.05) is 21.6 Å². The van der Waals surface area contributed by atoms with Crippen LogP contribution in [0, 0.1) is 0 Å². The van der Waals surface area contributed by atoms with E-state index in [1.54, 1.807) is 12.3 Å². The Morgan fingerprint density at radius 2 is 1.50 bits per heavy atom. The monoisotopic (exact) mass is 427 g/mol. The van der Waals surface area contributed by atoms with E-state index in [0.29, 0.717) is 28.0 Å². The molecule has 0 spiro atoms. The van der Waals surface area contributed by atoms with Crippen molar-refractivity contribution in [1.82, 2.24) is 4.98 Å². The van der Waals surface area contributed by atoms with Crippen LogP contribution in [0.3, 0.4) is 0 Å². The van der Waals surface area contributed by atoms with Gasteiger partial charge in [-0.1, -0.05) is 70.5 Å². The molecule has 0 atom stereocenters. The summed E-state index contributed by atoms with van der Waals surface area (Å²) in [5.74, 6) is 0.532. The highest BCUT2D eigenvalue weighted by Gasteiger charge is 2.20. The number of benzene rings is 3. The number of nitrogens with zero attached hydrogens (tertiary/aromatic N) is 1. The molecule has 3 nitrogen and oxygen atoms in total. The van der Waals surface area contributed by atoms with Crippen molar-refractivity contribution in [3.8, 4) is 22.6 Å². The van der Waals surface area contributed by atoms with Crippen molar-refractivity contribution in [3.05, 3.63) is 99.8 Å². The Kier molecular flexibility index (Phi) is 4.06. The molecule has 134 valence electrons. The first kappa shape index (κ1) is 16.9. The molecule has 4 heteroatoms. The molecule has 0 aliphatic rings. The van der Waals surface area contributed by atoms with Crippen molar-refractivity contribution in [2.45, 2.75) is 0 Å².